The van der Waals surface area contributed by atoms with Gasteiger partial charge in [0.2, 0.25) is 0 Å². The molecule has 4 heteroatoms. The molecule has 0 aliphatic carbocycles. The van der Waals surface area contributed by atoms with Crippen LogP contribution in [-0.4, -0.2) is 29.6 Å². The fourth-order valence-electron chi connectivity index (χ4n) is 5.20. The first-order valence-electron chi connectivity index (χ1n) is 12.0. The van der Waals surface area contributed by atoms with Crippen molar-refractivity contribution in [3.8, 4) is 0 Å². The van der Waals surface area contributed by atoms with Gasteiger partial charge in [0.25, 0.3) is 5.91 Å². The fraction of sp³-hybridized carbons (Fsp3) is 0.414. The number of benzene rings is 2. The van der Waals surface area contributed by atoms with Crippen molar-refractivity contribution in [1.29, 1.82) is 0 Å². The zero-order valence-corrected chi connectivity index (χ0v) is 19.9. The van der Waals surface area contributed by atoms with Gasteiger partial charge in [-0.25, -0.2) is 0 Å². The molecule has 174 valence electrons. The first-order valence-corrected chi connectivity index (χ1v) is 12.0. The molecule has 2 heterocycles. The molecule has 1 fully saturated rings. The second kappa shape index (κ2) is 10.4. The van der Waals surface area contributed by atoms with Gasteiger partial charge >= 0.3 is 0 Å². The fourth-order valence-corrected chi connectivity index (χ4v) is 5.20. The third-order valence-electron chi connectivity index (χ3n) is 6.96. The van der Waals surface area contributed by atoms with Gasteiger partial charge in [-0.15, -0.1) is 0 Å². The molecule has 1 aliphatic rings. The summed E-state index contributed by atoms with van der Waals surface area (Å²) >= 11 is 0. The molecule has 1 aromatic heterocycles. The van der Waals surface area contributed by atoms with E-state index in [1.165, 1.54) is 5.56 Å². The predicted molar refractivity (Wildman–Crippen MR) is 131 cm³/mol. The number of ether oxygens (including phenoxy) is 1. The zero-order valence-electron chi connectivity index (χ0n) is 19.9. The average molecular weight is 446 g/mol. The van der Waals surface area contributed by atoms with Gasteiger partial charge in [-0.2, -0.15) is 0 Å². The monoisotopic (exact) mass is 445 g/mol. The van der Waals surface area contributed by atoms with Crippen LogP contribution in [0.4, 0.5) is 0 Å². The average Bonchev–Trinajstić information content (AvgIpc) is 3.37. The quantitative estimate of drug-likeness (QED) is 0.380. The smallest absolute Gasteiger partial charge is 0.290 e. The van der Waals surface area contributed by atoms with Crippen LogP contribution in [0, 0.1) is 5.92 Å². The number of rotatable bonds is 8. The van der Waals surface area contributed by atoms with E-state index in [2.05, 4.69) is 63.2 Å². The van der Waals surface area contributed by atoms with Gasteiger partial charge in [0.1, 0.15) is 0 Å². The van der Waals surface area contributed by atoms with E-state index in [-0.39, 0.29) is 17.6 Å². The minimum atomic E-state index is -0.114. The van der Waals surface area contributed by atoms with Gasteiger partial charge in [-0.3, -0.25) is 4.79 Å². The molecule has 0 bridgehead atoms. The van der Waals surface area contributed by atoms with Crippen LogP contribution in [0.1, 0.15) is 73.7 Å². The van der Waals surface area contributed by atoms with E-state index in [0.29, 0.717) is 24.1 Å². The van der Waals surface area contributed by atoms with Crippen LogP contribution >= 0.6 is 0 Å². The minimum absolute atomic E-state index is 0.0497. The summed E-state index contributed by atoms with van der Waals surface area (Å²) < 4.78 is 11.5. The molecule has 0 unspecified atom stereocenters. The Kier molecular flexibility index (Phi) is 7.34. The van der Waals surface area contributed by atoms with E-state index in [0.717, 1.165) is 31.4 Å². The van der Waals surface area contributed by atoms with Crippen LogP contribution in [0.2, 0.25) is 0 Å². The molecule has 3 atom stereocenters. The van der Waals surface area contributed by atoms with E-state index < -0.39 is 0 Å². The molecular weight excluding hydrogens is 410 g/mol. The van der Waals surface area contributed by atoms with Gasteiger partial charge in [-0.05, 0) is 75.1 Å². The van der Waals surface area contributed by atoms with Gasteiger partial charge in [0.15, 0.2) is 5.76 Å². The van der Waals surface area contributed by atoms with Crippen LogP contribution in [-0.2, 0) is 4.74 Å². The lowest BCUT2D eigenvalue weighted by atomic mass is 9.75. The summed E-state index contributed by atoms with van der Waals surface area (Å²) in [5.74, 6) is 1.21. The molecular formula is C29H35NO3. The molecule has 1 aliphatic heterocycles. The van der Waals surface area contributed by atoms with Crippen molar-refractivity contribution < 1.29 is 13.9 Å². The van der Waals surface area contributed by atoms with E-state index in [4.69, 9.17) is 9.15 Å². The molecule has 3 aromatic rings. The van der Waals surface area contributed by atoms with Crippen molar-refractivity contribution in [2.75, 3.05) is 13.2 Å². The van der Waals surface area contributed by atoms with E-state index in [1.807, 2.05) is 23.1 Å². The molecule has 0 radical (unpaired) electrons. The Hall–Kier alpha value is -2.85. The molecule has 2 aromatic carbocycles. The Morgan fingerprint density at radius 1 is 1.00 bits per heavy atom. The second-order valence-corrected chi connectivity index (χ2v) is 9.73. The molecule has 1 amide bonds. The lowest BCUT2D eigenvalue weighted by molar-refractivity contribution is -0.0775. The van der Waals surface area contributed by atoms with Crippen molar-refractivity contribution in [2.45, 2.75) is 57.6 Å². The van der Waals surface area contributed by atoms with E-state index >= 15 is 0 Å². The Morgan fingerprint density at radius 2 is 1.67 bits per heavy atom. The van der Waals surface area contributed by atoms with Crippen molar-refractivity contribution in [3.05, 3.63) is 95.9 Å². The van der Waals surface area contributed by atoms with Gasteiger partial charge in [0, 0.05) is 13.2 Å². The number of carbonyl (C=O) groups excluding carboxylic acids is 1. The predicted octanol–water partition coefficient (Wildman–Crippen LogP) is 6.86. The van der Waals surface area contributed by atoms with Crippen LogP contribution < -0.4 is 0 Å². The van der Waals surface area contributed by atoms with Gasteiger partial charge in [0.05, 0.1) is 17.9 Å². The maximum atomic E-state index is 13.5. The summed E-state index contributed by atoms with van der Waals surface area (Å²) in [4.78, 5) is 15.4. The Bertz CT molecular complexity index is 998. The Morgan fingerprint density at radius 3 is 2.27 bits per heavy atom. The summed E-state index contributed by atoms with van der Waals surface area (Å²) in [6, 6.07) is 24.5. The van der Waals surface area contributed by atoms with Crippen molar-refractivity contribution in [3.63, 3.8) is 0 Å². The molecule has 4 rings (SSSR count). The molecule has 1 saturated heterocycles. The van der Waals surface area contributed by atoms with Crippen molar-refractivity contribution in [2.24, 2.45) is 5.92 Å². The van der Waals surface area contributed by atoms with Crippen LogP contribution in [0.5, 0.6) is 0 Å². The normalized spacial score (nSPS) is 19.5. The first-order chi connectivity index (χ1) is 15.9. The number of amides is 1. The standard InChI is InChI=1S/C29H35NO3/c1-22(23-11-6-4-7-12-23)30(28(31)27-15-10-19-32-27)18-16-26(24-13-8-5-9-14-24)25-17-20-33-29(2,3)21-25/h4-15,19,22,25-26H,16-18,20-21H2,1-3H3/t22-,25+,26-/m0/s1. The largest absolute Gasteiger partial charge is 0.459 e. The lowest BCUT2D eigenvalue weighted by Crippen LogP contribution is -2.38. The third-order valence-corrected chi connectivity index (χ3v) is 6.96. The zero-order chi connectivity index (χ0) is 23.3. The summed E-state index contributed by atoms with van der Waals surface area (Å²) in [5.41, 5.74) is 2.36. The Balaban J connectivity index is 1.60. The SMILES string of the molecule is C[C@@H](c1ccccc1)N(CC[C@@H](c1ccccc1)[C@@H]1CCOC(C)(C)C1)C(=O)c1ccco1. The molecule has 4 nitrogen and oxygen atoms in total. The molecule has 0 N–H and O–H groups in total. The third kappa shape index (κ3) is 5.75. The maximum absolute atomic E-state index is 13.5. The number of nitrogens with zero attached hydrogens (tertiary/aromatic N) is 1. The number of hydrogen-bond acceptors (Lipinski definition) is 3. The number of hydrogen-bond donors (Lipinski definition) is 0. The maximum Gasteiger partial charge on any atom is 0.290 e. The Labute approximate surface area is 197 Å². The number of furan rings is 1. The van der Waals surface area contributed by atoms with E-state index in [9.17, 15) is 4.79 Å². The summed E-state index contributed by atoms with van der Waals surface area (Å²) in [7, 11) is 0. The lowest BCUT2D eigenvalue weighted by Gasteiger charge is -2.40. The highest BCUT2D eigenvalue weighted by molar-refractivity contribution is 5.91. The van der Waals surface area contributed by atoms with Crippen LogP contribution in [0.3, 0.4) is 0 Å². The summed E-state index contributed by atoms with van der Waals surface area (Å²) in [6.45, 7) is 7.92. The summed E-state index contributed by atoms with van der Waals surface area (Å²) in [5, 5.41) is 0. The highest BCUT2D eigenvalue weighted by atomic mass is 16.5. The highest BCUT2D eigenvalue weighted by Crippen LogP contribution is 2.40. The molecule has 0 saturated carbocycles. The first kappa shape index (κ1) is 23.3. The minimum Gasteiger partial charge on any atom is -0.459 e. The highest BCUT2D eigenvalue weighted by Gasteiger charge is 2.35. The summed E-state index contributed by atoms with van der Waals surface area (Å²) in [6.07, 6.45) is 4.53. The van der Waals surface area contributed by atoms with Gasteiger partial charge < -0.3 is 14.1 Å². The van der Waals surface area contributed by atoms with Gasteiger partial charge in [-0.1, -0.05) is 60.7 Å². The van der Waals surface area contributed by atoms with Crippen LogP contribution in [0.25, 0.3) is 0 Å². The van der Waals surface area contributed by atoms with Crippen molar-refractivity contribution >= 4 is 5.91 Å². The second-order valence-electron chi connectivity index (χ2n) is 9.73. The van der Waals surface area contributed by atoms with E-state index in [1.54, 1.807) is 18.4 Å². The van der Waals surface area contributed by atoms with Crippen LogP contribution in [0.15, 0.2) is 83.5 Å². The topological polar surface area (TPSA) is 42.7 Å². The molecule has 0 spiro atoms. The number of carbonyl (C=O) groups is 1. The van der Waals surface area contributed by atoms with Crippen molar-refractivity contribution in [1.82, 2.24) is 4.90 Å². The molecule has 33 heavy (non-hydrogen) atoms.